The molecule has 0 radical (unpaired) electrons. The van der Waals surface area contributed by atoms with Crippen LogP contribution in [0.5, 0.6) is 0 Å². The van der Waals surface area contributed by atoms with Gasteiger partial charge in [0.25, 0.3) is 0 Å². The lowest BCUT2D eigenvalue weighted by Crippen LogP contribution is -2.17. The van der Waals surface area contributed by atoms with E-state index >= 15 is 0 Å². The van der Waals surface area contributed by atoms with Crippen molar-refractivity contribution in [2.45, 2.75) is 58.8 Å². The molecule has 0 aliphatic heterocycles. The molecule has 1 unspecified atom stereocenters. The molecule has 0 saturated carbocycles. The summed E-state index contributed by atoms with van der Waals surface area (Å²) in [7, 11) is 0. The minimum atomic E-state index is -0.0143. The second-order valence-electron chi connectivity index (χ2n) is 5.56. The maximum atomic E-state index is 12.1. The van der Waals surface area contributed by atoms with Crippen LogP contribution in [0.1, 0.15) is 57.9 Å². The first-order valence-electron chi connectivity index (χ1n) is 7.69. The highest BCUT2D eigenvalue weighted by atomic mass is 16.1. The summed E-state index contributed by atoms with van der Waals surface area (Å²) in [5, 5.41) is 0. The number of carbonyl (C=O) groups excluding carboxylic acids is 2. The van der Waals surface area contributed by atoms with Crippen LogP contribution in [0, 0.1) is 5.92 Å². The Morgan fingerprint density at radius 3 is 2.30 bits per heavy atom. The molecule has 0 aliphatic rings. The first kappa shape index (κ1) is 16.6. The number of benzene rings is 1. The van der Waals surface area contributed by atoms with Gasteiger partial charge in [-0.3, -0.25) is 9.59 Å². The minimum Gasteiger partial charge on any atom is -0.300 e. The Hall–Kier alpha value is -1.44. The molecule has 2 heteroatoms. The molecule has 0 bridgehead atoms. The number of Topliss-reactive ketones (excluding diaryl/α,β-unsaturated/α-hetero) is 2. The highest BCUT2D eigenvalue weighted by molar-refractivity contribution is 5.98. The highest BCUT2D eigenvalue weighted by Gasteiger charge is 2.18. The zero-order valence-corrected chi connectivity index (χ0v) is 12.7. The predicted molar refractivity (Wildman–Crippen MR) is 82.7 cm³/mol. The van der Waals surface area contributed by atoms with E-state index in [4.69, 9.17) is 0 Å². The van der Waals surface area contributed by atoms with Gasteiger partial charge in [0.15, 0.2) is 0 Å². The molecular weight excluding hydrogens is 248 g/mol. The van der Waals surface area contributed by atoms with E-state index in [0.29, 0.717) is 0 Å². The molecule has 1 atom stereocenters. The van der Waals surface area contributed by atoms with Crippen LogP contribution in [0.2, 0.25) is 0 Å². The van der Waals surface area contributed by atoms with Gasteiger partial charge in [-0.25, -0.2) is 0 Å². The number of unbranched alkanes of at least 4 members (excludes halogenated alkanes) is 1. The third-order valence-corrected chi connectivity index (χ3v) is 3.65. The molecule has 1 aromatic rings. The van der Waals surface area contributed by atoms with Crippen molar-refractivity contribution in [2.24, 2.45) is 5.92 Å². The van der Waals surface area contributed by atoms with Crippen molar-refractivity contribution in [1.29, 1.82) is 0 Å². The van der Waals surface area contributed by atoms with Gasteiger partial charge in [0.1, 0.15) is 11.6 Å². The van der Waals surface area contributed by atoms with E-state index in [1.54, 1.807) is 0 Å². The molecule has 0 fully saturated rings. The lowest BCUT2D eigenvalue weighted by Gasteiger charge is -2.14. The number of hydrogen-bond acceptors (Lipinski definition) is 2. The van der Waals surface area contributed by atoms with Gasteiger partial charge in [-0.05, 0) is 38.2 Å². The zero-order valence-electron chi connectivity index (χ0n) is 12.7. The lowest BCUT2D eigenvalue weighted by atomic mass is 9.89. The predicted octanol–water partition coefficient (Wildman–Crippen LogP) is 4.36. The summed E-state index contributed by atoms with van der Waals surface area (Å²) in [6.45, 7) is 3.63. The van der Waals surface area contributed by atoms with E-state index < -0.39 is 0 Å². The van der Waals surface area contributed by atoms with Gasteiger partial charge in [0.05, 0.1) is 6.42 Å². The van der Waals surface area contributed by atoms with E-state index in [1.165, 1.54) is 12.5 Å². The topological polar surface area (TPSA) is 34.1 Å². The molecule has 0 N–H and O–H groups in total. The Morgan fingerprint density at radius 1 is 1.05 bits per heavy atom. The van der Waals surface area contributed by atoms with Gasteiger partial charge >= 0.3 is 0 Å². The standard InChI is InChI=1S/C18H26O2/c1-3-4-12-17(18(20)14-15(2)19)13-8-11-16-9-6-5-7-10-16/h5-7,9-10,17H,3-4,8,11-14H2,1-2H3. The molecule has 0 heterocycles. The van der Waals surface area contributed by atoms with Gasteiger partial charge in [-0.1, -0.05) is 50.1 Å². The number of rotatable bonds is 10. The summed E-state index contributed by atoms with van der Waals surface area (Å²) in [6, 6.07) is 10.4. The fraction of sp³-hybridized carbons (Fsp3) is 0.556. The van der Waals surface area contributed by atoms with Crippen molar-refractivity contribution in [2.75, 3.05) is 0 Å². The molecular formula is C18H26O2. The smallest absolute Gasteiger partial charge is 0.143 e. The Balaban J connectivity index is 2.43. The normalized spacial score (nSPS) is 12.1. The molecule has 0 aliphatic carbocycles. The Morgan fingerprint density at radius 2 is 1.70 bits per heavy atom. The molecule has 1 aromatic carbocycles. The maximum Gasteiger partial charge on any atom is 0.143 e. The Labute approximate surface area is 122 Å². The third-order valence-electron chi connectivity index (χ3n) is 3.65. The van der Waals surface area contributed by atoms with E-state index in [-0.39, 0.29) is 23.9 Å². The summed E-state index contributed by atoms with van der Waals surface area (Å²) in [6.07, 6.45) is 6.14. The van der Waals surface area contributed by atoms with Crippen molar-refractivity contribution >= 4 is 11.6 Å². The van der Waals surface area contributed by atoms with E-state index in [0.717, 1.165) is 38.5 Å². The summed E-state index contributed by atoms with van der Waals surface area (Å²) < 4.78 is 0. The van der Waals surface area contributed by atoms with E-state index in [1.807, 2.05) is 18.2 Å². The average molecular weight is 274 g/mol. The van der Waals surface area contributed by atoms with Gasteiger partial charge < -0.3 is 0 Å². The maximum absolute atomic E-state index is 12.1. The second kappa shape index (κ2) is 9.46. The zero-order chi connectivity index (χ0) is 14.8. The molecule has 1 rings (SSSR count). The number of ketones is 2. The minimum absolute atomic E-state index is 0.0143. The number of aryl methyl sites for hydroxylation is 1. The second-order valence-corrected chi connectivity index (χ2v) is 5.56. The Kier molecular flexibility index (Phi) is 7.86. The Bertz CT molecular complexity index is 409. The van der Waals surface area contributed by atoms with Crippen LogP contribution >= 0.6 is 0 Å². The largest absolute Gasteiger partial charge is 0.300 e. The van der Waals surface area contributed by atoms with Crippen LogP contribution in [0.25, 0.3) is 0 Å². The molecule has 0 amide bonds. The number of carbonyl (C=O) groups is 2. The molecule has 2 nitrogen and oxygen atoms in total. The summed E-state index contributed by atoms with van der Waals surface area (Å²) in [4.78, 5) is 23.2. The van der Waals surface area contributed by atoms with Crippen LogP contribution < -0.4 is 0 Å². The molecule has 0 aromatic heterocycles. The van der Waals surface area contributed by atoms with Crippen LogP contribution in [0.4, 0.5) is 0 Å². The van der Waals surface area contributed by atoms with Crippen LogP contribution in [-0.4, -0.2) is 11.6 Å². The van der Waals surface area contributed by atoms with Gasteiger partial charge in [0.2, 0.25) is 0 Å². The average Bonchev–Trinajstić information content (AvgIpc) is 2.43. The van der Waals surface area contributed by atoms with Crippen LogP contribution in [-0.2, 0) is 16.0 Å². The van der Waals surface area contributed by atoms with E-state index in [9.17, 15) is 9.59 Å². The summed E-state index contributed by atoms with van der Waals surface area (Å²) >= 11 is 0. The SMILES string of the molecule is CCCCC(CCCc1ccccc1)C(=O)CC(C)=O. The van der Waals surface area contributed by atoms with Crippen LogP contribution in [0.15, 0.2) is 30.3 Å². The van der Waals surface area contributed by atoms with Gasteiger partial charge in [-0.15, -0.1) is 0 Å². The van der Waals surface area contributed by atoms with Crippen molar-refractivity contribution < 1.29 is 9.59 Å². The highest BCUT2D eigenvalue weighted by Crippen LogP contribution is 2.19. The third kappa shape index (κ3) is 6.65. The summed E-state index contributed by atoms with van der Waals surface area (Å²) in [5.41, 5.74) is 1.32. The molecule has 0 spiro atoms. The number of hydrogen-bond donors (Lipinski definition) is 0. The first-order chi connectivity index (χ1) is 9.63. The lowest BCUT2D eigenvalue weighted by molar-refractivity contribution is -0.128. The summed E-state index contributed by atoms with van der Waals surface area (Å²) in [5.74, 6) is 0.195. The first-order valence-corrected chi connectivity index (χ1v) is 7.69. The van der Waals surface area contributed by atoms with Crippen molar-refractivity contribution in [3.63, 3.8) is 0 Å². The fourth-order valence-corrected chi connectivity index (χ4v) is 2.50. The quantitative estimate of drug-likeness (QED) is 0.594. The fourth-order valence-electron chi connectivity index (χ4n) is 2.50. The van der Waals surface area contributed by atoms with Crippen LogP contribution in [0.3, 0.4) is 0 Å². The molecule has 20 heavy (non-hydrogen) atoms. The van der Waals surface area contributed by atoms with E-state index in [2.05, 4.69) is 19.1 Å². The monoisotopic (exact) mass is 274 g/mol. The van der Waals surface area contributed by atoms with Crippen molar-refractivity contribution in [3.05, 3.63) is 35.9 Å². The molecule has 110 valence electrons. The van der Waals surface area contributed by atoms with Crippen molar-refractivity contribution in [3.8, 4) is 0 Å². The molecule has 0 saturated heterocycles. The van der Waals surface area contributed by atoms with Crippen molar-refractivity contribution in [1.82, 2.24) is 0 Å². The van der Waals surface area contributed by atoms with Gasteiger partial charge in [-0.2, -0.15) is 0 Å². The van der Waals surface area contributed by atoms with Gasteiger partial charge in [0, 0.05) is 5.92 Å².